The van der Waals surface area contributed by atoms with Crippen LogP contribution in [0.2, 0.25) is 0 Å². The molecule has 11 heteroatoms. The van der Waals surface area contributed by atoms with Crippen LogP contribution in [0.25, 0.3) is 0 Å². The average molecular weight is 1670 g/mol. The van der Waals surface area contributed by atoms with Crippen LogP contribution in [0, 0.1) is 0 Å². The summed E-state index contributed by atoms with van der Waals surface area (Å²) in [7, 11) is 0. The molecule has 0 aliphatic rings. The van der Waals surface area contributed by atoms with Crippen LogP contribution < -0.4 is 44.9 Å². The number of rotatable bonds is 96. The molecule has 0 spiro atoms. The standard InChI is InChI=1S/3C33H65ClO2.Cu.Na/c3*34-32-30-28-26-24-22-20-18-16-14-12-10-8-6-4-2-1-3-5-7-9-11-13-15-17-19-21-23-25-27-29-31-33(35)36;;/h3*1-32H2,(H,35,36);;/q;;;+2;+1/p-3. The van der Waals surface area contributed by atoms with Crippen molar-refractivity contribution in [3.8, 4) is 0 Å². The first-order valence-corrected chi connectivity index (χ1v) is 51.2. The molecule has 0 aliphatic heterocycles. The molecule has 0 aromatic heterocycles. The normalized spacial score (nSPS) is 11.2. The van der Waals surface area contributed by atoms with E-state index in [9.17, 15) is 29.7 Å². The van der Waals surface area contributed by atoms with Crippen LogP contribution in [0.3, 0.4) is 0 Å². The Hall–Kier alpha value is 0.799. The van der Waals surface area contributed by atoms with Crippen molar-refractivity contribution in [2.45, 2.75) is 597 Å². The van der Waals surface area contributed by atoms with Crippen molar-refractivity contribution in [3.05, 3.63) is 0 Å². The van der Waals surface area contributed by atoms with Crippen molar-refractivity contribution >= 4 is 52.7 Å². The maximum atomic E-state index is 10.3. The minimum Gasteiger partial charge on any atom is -0.550 e. The van der Waals surface area contributed by atoms with E-state index in [0.29, 0.717) is 0 Å². The van der Waals surface area contributed by atoms with E-state index in [0.717, 1.165) is 56.2 Å². The van der Waals surface area contributed by atoms with Crippen LogP contribution >= 0.6 is 34.8 Å². The zero-order chi connectivity index (χ0) is 78.6. The third kappa shape index (κ3) is 127. The quantitative estimate of drug-likeness (QED) is 0.0340. The van der Waals surface area contributed by atoms with E-state index < -0.39 is 17.9 Å². The molecule has 0 amide bonds. The Morgan fingerprint density at radius 1 is 0.127 bits per heavy atom. The third-order valence-corrected chi connectivity index (χ3v) is 24.1. The van der Waals surface area contributed by atoms with Gasteiger partial charge in [-0.05, 0) is 57.8 Å². The SMILES string of the molecule is O=C([O-])CCCCCCCCCCCCCCCCCCCCCCCCCCCCCCCCCl.O=C([O-])CCCCCCCCCCCCCCCCCCCCCCCCCCCCCCCCCl.O=C([O-])CCCCCCCCCCCCCCCCCCCCCCCCCCCCCCCCCl.[Cu+2].[Na+]. The van der Waals surface area contributed by atoms with E-state index in [1.807, 2.05) is 0 Å². The fourth-order valence-corrected chi connectivity index (χ4v) is 16.5. The van der Waals surface area contributed by atoms with Gasteiger partial charge in [0.05, 0.1) is 0 Å². The number of carbonyl (C=O) groups is 3. The second-order valence-corrected chi connectivity index (χ2v) is 35.4. The summed E-state index contributed by atoms with van der Waals surface area (Å²) in [6.07, 6.45) is 124. The molecule has 0 N–H and O–H groups in total. The van der Waals surface area contributed by atoms with E-state index in [1.165, 1.54) is 539 Å². The summed E-state index contributed by atoms with van der Waals surface area (Å²) in [6, 6.07) is 0. The molecule has 0 bridgehead atoms. The van der Waals surface area contributed by atoms with Gasteiger partial charge in [-0.15, -0.1) is 34.8 Å². The first kappa shape index (κ1) is 119. The van der Waals surface area contributed by atoms with Crippen molar-refractivity contribution in [2.75, 3.05) is 17.6 Å². The molecule has 1 radical (unpaired) electrons. The molecule has 0 saturated heterocycles. The van der Waals surface area contributed by atoms with Gasteiger partial charge < -0.3 is 29.7 Å². The van der Waals surface area contributed by atoms with Gasteiger partial charge in [-0.25, -0.2) is 0 Å². The van der Waals surface area contributed by atoms with Crippen LogP contribution in [0.15, 0.2) is 0 Å². The molecule has 0 aromatic carbocycles. The van der Waals surface area contributed by atoms with Gasteiger partial charge in [0.2, 0.25) is 0 Å². The Labute approximate surface area is 737 Å². The van der Waals surface area contributed by atoms with Crippen LogP contribution in [-0.2, 0) is 31.5 Å². The summed E-state index contributed by atoms with van der Waals surface area (Å²) in [5.74, 6) is -0.186. The van der Waals surface area contributed by atoms with Gasteiger partial charge in [0.15, 0.2) is 0 Å². The summed E-state index contributed by atoms with van der Waals surface area (Å²) in [4.78, 5) is 31.0. The number of carboxylic acids is 3. The van der Waals surface area contributed by atoms with Crippen LogP contribution in [0.5, 0.6) is 0 Å². The van der Waals surface area contributed by atoms with E-state index in [1.54, 1.807) is 0 Å². The van der Waals surface area contributed by atoms with Crippen molar-refractivity contribution in [1.29, 1.82) is 0 Å². The maximum Gasteiger partial charge on any atom is 2.00 e. The summed E-state index contributed by atoms with van der Waals surface area (Å²) < 4.78 is 0. The van der Waals surface area contributed by atoms with Crippen molar-refractivity contribution in [3.63, 3.8) is 0 Å². The van der Waals surface area contributed by atoms with Crippen molar-refractivity contribution < 1.29 is 76.3 Å². The Bertz CT molecular complexity index is 1430. The smallest absolute Gasteiger partial charge is 0.550 e. The predicted octanol–water partition coefficient (Wildman–Crippen LogP) is 30.2. The van der Waals surface area contributed by atoms with E-state index in [2.05, 4.69) is 0 Å². The molecule has 0 fully saturated rings. The fraction of sp³-hybridized carbons (Fsp3) is 0.970. The number of alkyl halides is 3. The zero-order valence-electron chi connectivity index (χ0n) is 74.3. The Morgan fingerprint density at radius 2 is 0.182 bits per heavy atom. The minimum absolute atomic E-state index is 0. The zero-order valence-corrected chi connectivity index (χ0v) is 79.5. The minimum atomic E-state index is -0.900. The first-order chi connectivity index (χ1) is 53.3. The molecular formula is C99H192Cl3CuNaO6. The molecule has 0 unspecified atom stereocenters. The Morgan fingerprint density at radius 3 is 0.236 bits per heavy atom. The first-order valence-electron chi connectivity index (χ1n) is 49.6. The summed E-state index contributed by atoms with van der Waals surface area (Å²) in [5.41, 5.74) is 0. The van der Waals surface area contributed by atoms with E-state index >= 15 is 0 Å². The molecular weight excluding hydrogens is 1480 g/mol. The number of aliphatic carboxylic acids is 3. The van der Waals surface area contributed by atoms with Gasteiger partial charge in [0.1, 0.15) is 0 Å². The second kappa shape index (κ2) is 116. The number of hydrogen-bond acceptors (Lipinski definition) is 6. The van der Waals surface area contributed by atoms with Gasteiger partial charge in [-0.3, -0.25) is 0 Å². The molecule has 0 saturated carbocycles. The molecule has 657 valence electrons. The Balaban J connectivity index is -0.000000497. The third-order valence-electron chi connectivity index (χ3n) is 23.3. The van der Waals surface area contributed by atoms with Crippen LogP contribution in [0.4, 0.5) is 0 Å². The average Bonchev–Trinajstić information content (AvgIpc) is 3.69. The van der Waals surface area contributed by atoms with Crippen molar-refractivity contribution in [2.24, 2.45) is 0 Å². The summed E-state index contributed by atoms with van der Waals surface area (Å²) in [5, 5.41) is 31.0. The number of carbonyl (C=O) groups excluding carboxylic acids is 3. The molecule has 0 rings (SSSR count). The van der Waals surface area contributed by atoms with E-state index in [4.69, 9.17) is 34.8 Å². The molecule has 0 heterocycles. The molecule has 6 nitrogen and oxygen atoms in total. The number of hydrogen-bond donors (Lipinski definition) is 0. The van der Waals surface area contributed by atoms with Gasteiger partial charge in [0.25, 0.3) is 0 Å². The molecule has 0 aliphatic carbocycles. The Kier molecular flexibility index (Phi) is 126. The predicted molar refractivity (Wildman–Crippen MR) is 477 cm³/mol. The monoisotopic (exact) mass is 1670 g/mol. The molecule has 110 heavy (non-hydrogen) atoms. The second-order valence-electron chi connectivity index (χ2n) is 34.3. The van der Waals surface area contributed by atoms with Crippen LogP contribution in [-0.4, -0.2) is 35.5 Å². The molecule has 0 aromatic rings. The maximum absolute atomic E-state index is 10.3. The number of carboxylic acid groups (broad SMARTS) is 3. The molecule has 0 atom stereocenters. The van der Waals surface area contributed by atoms with E-state index in [-0.39, 0.29) is 65.9 Å². The topological polar surface area (TPSA) is 120 Å². The fourth-order valence-electron chi connectivity index (χ4n) is 15.9. The summed E-state index contributed by atoms with van der Waals surface area (Å²) >= 11 is 17.1. The van der Waals surface area contributed by atoms with Crippen molar-refractivity contribution in [1.82, 2.24) is 0 Å². The summed E-state index contributed by atoms with van der Waals surface area (Å²) in [6.45, 7) is 0. The van der Waals surface area contributed by atoms with Gasteiger partial charge in [-0.1, -0.05) is 539 Å². The largest absolute Gasteiger partial charge is 2.00 e. The van der Waals surface area contributed by atoms with Crippen LogP contribution in [0.1, 0.15) is 597 Å². The number of unbranched alkanes of at least 4 members (excludes halogenated alkanes) is 87. The van der Waals surface area contributed by atoms with Gasteiger partial charge in [-0.2, -0.15) is 0 Å². The van der Waals surface area contributed by atoms with Gasteiger partial charge in [0, 0.05) is 35.5 Å². The number of halogens is 3. The van der Waals surface area contributed by atoms with Gasteiger partial charge >= 0.3 is 46.6 Å².